The van der Waals surface area contributed by atoms with Crippen LogP contribution in [0.5, 0.6) is 0 Å². The molecule has 0 spiro atoms. The third kappa shape index (κ3) is 5.40. The van der Waals surface area contributed by atoms with Gasteiger partial charge in [0.25, 0.3) is 0 Å². The van der Waals surface area contributed by atoms with Crippen molar-refractivity contribution in [3.8, 4) is 0 Å². The minimum Gasteiger partial charge on any atom is -0.316 e. The maximum Gasteiger partial charge on any atom is 0.0439 e. The molecule has 1 aromatic rings. The Kier molecular flexibility index (Phi) is 7.47. The Bertz CT molecular complexity index is 371. The van der Waals surface area contributed by atoms with Gasteiger partial charge in [-0.3, -0.25) is 0 Å². The number of hydrogen-bond donors (Lipinski definition) is 1. The highest BCUT2D eigenvalue weighted by atomic mass is 35.5. The van der Waals surface area contributed by atoms with Crippen molar-refractivity contribution in [3.63, 3.8) is 0 Å². The Hall–Kier alpha value is 0.110. The molecule has 1 aromatic carbocycles. The van der Waals surface area contributed by atoms with E-state index in [1.165, 1.54) is 6.42 Å². The lowest BCUT2D eigenvalue weighted by Gasteiger charge is -2.18. The summed E-state index contributed by atoms with van der Waals surface area (Å²) >= 11 is 14.2. The largest absolute Gasteiger partial charge is 0.316 e. The molecule has 0 fully saturated rings. The van der Waals surface area contributed by atoms with E-state index < -0.39 is 0 Å². The highest BCUT2D eigenvalue weighted by molar-refractivity contribution is 7.99. The van der Waals surface area contributed by atoms with Gasteiger partial charge in [0.1, 0.15) is 0 Å². The number of hydrogen-bond acceptors (Lipinski definition) is 2. The molecule has 1 nitrogen and oxygen atoms in total. The van der Waals surface area contributed by atoms with Crippen molar-refractivity contribution in [2.45, 2.75) is 38.0 Å². The highest BCUT2D eigenvalue weighted by Gasteiger charge is 2.12. The summed E-state index contributed by atoms with van der Waals surface area (Å²) < 4.78 is 0. The van der Waals surface area contributed by atoms with Gasteiger partial charge in [-0.2, -0.15) is 11.8 Å². The zero-order chi connectivity index (χ0) is 13.5. The van der Waals surface area contributed by atoms with Gasteiger partial charge in [-0.15, -0.1) is 0 Å². The Balaban J connectivity index is 2.59. The topological polar surface area (TPSA) is 12.0 Å². The molecule has 0 aliphatic heterocycles. The molecular formula is C14H21Cl2NS. The fourth-order valence-corrected chi connectivity index (χ4v) is 3.08. The van der Waals surface area contributed by atoms with E-state index in [-0.39, 0.29) is 0 Å². The molecule has 0 bridgehead atoms. The van der Waals surface area contributed by atoms with Crippen LogP contribution in [0.2, 0.25) is 10.0 Å². The van der Waals surface area contributed by atoms with Crippen LogP contribution in [0.1, 0.15) is 25.8 Å². The number of halogens is 2. The third-order valence-electron chi connectivity index (χ3n) is 3.04. The monoisotopic (exact) mass is 305 g/mol. The molecule has 0 saturated heterocycles. The highest BCUT2D eigenvalue weighted by Crippen LogP contribution is 2.23. The summed E-state index contributed by atoms with van der Waals surface area (Å²) in [6, 6.07) is 6.09. The van der Waals surface area contributed by atoms with Gasteiger partial charge in [0.05, 0.1) is 0 Å². The second-order valence-corrected chi connectivity index (χ2v) is 6.79. The van der Waals surface area contributed by atoms with E-state index in [0.717, 1.165) is 27.8 Å². The molecule has 0 aromatic heterocycles. The van der Waals surface area contributed by atoms with Crippen molar-refractivity contribution < 1.29 is 0 Å². The number of likely N-dealkylation sites (N-methyl/N-ethyl adjacent to an activating group) is 1. The third-order valence-corrected chi connectivity index (χ3v) is 5.14. The number of nitrogens with one attached hydrogen (secondary N) is 1. The second-order valence-electron chi connectivity index (χ2n) is 4.48. The average molecular weight is 306 g/mol. The van der Waals surface area contributed by atoms with Crippen molar-refractivity contribution in [2.75, 3.05) is 12.8 Å². The molecule has 102 valence electrons. The molecule has 0 heterocycles. The standard InChI is InChI=1S/C14H21Cl2NS/c1-4-10(2)18-9-13(17-3)8-11-7-12(15)5-6-14(11)16/h5-7,10,13,17H,4,8-9H2,1-3H3. The Morgan fingerprint density at radius 1 is 1.33 bits per heavy atom. The van der Waals surface area contributed by atoms with Crippen LogP contribution in [0.15, 0.2) is 18.2 Å². The number of rotatable bonds is 7. The Morgan fingerprint density at radius 2 is 2.06 bits per heavy atom. The van der Waals surface area contributed by atoms with Crippen molar-refractivity contribution in [1.29, 1.82) is 0 Å². The normalized spacial score (nSPS) is 14.5. The predicted molar refractivity (Wildman–Crippen MR) is 85.2 cm³/mol. The van der Waals surface area contributed by atoms with Crippen LogP contribution >= 0.6 is 35.0 Å². The van der Waals surface area contributed by atoms with Gasteiger partial charge in [0.15, 0.2) is 0 Å². The minimum atomic E-state index is 0.431. The summed E-state index contributed by atoms with van der Waals surface area (Å²) in [5, 5.41) is 5.61. The lowest BCUT2D eigenvalue weighted by Crippen LogP contribution is -2.30. The molecule has 4 heteroatoms. The van der Waals surface area contributed by atoms with Crippen molar-refractivity contribution >= 4 is 35.0 Å². The van der Waals surface area contributed by atoms with E-state index in [2.05, 4.69) is 19.2 Å². The summed E-state index contributed by atoms with van der Waals surface area (Å²) in [5.74, 6) is 1.09. The average Bonchev–Trinajstić information content (AvgIpc) is 2.37. The molecule has 18 heavy (non-hydrogen) atoms. The maximum absolute atomic E-state index is 6.19. The molecule has 0 aliphatic rings. The molecule has 0 radical (unpaired) electrons. The zero-order valence-electron chi connectivity index (χ0n) is 11.2. The van der Waals surface area contributed by atoms with Crippen molar-refractivity contribution in [3.05, 3.63) is 33.8 Å². The fourth-order valence-electron chi connectivity index (χ4n) is 1.61. The predicted octanol–water partition coefficient (Wildman–Crippen LogP) is 4.66. The van der Waals surface area contributed by atoms with Gasteiger partial charge in [-0.1, -0.05) is 37.0 Å². The molecule has 2 atom stereocenters. The zero-order valence-corrected chi connectivity index (χ0v) is 13.5. The van der Waals surface area contributed by atoms with E-state index in [4.69, 9.17) is 23.2 Å². The molecule has 0 amide bonds. The summed E-state index contributed by atoms with van der Waals surface area (Å²) in [5.41, 5.74) is 1.12. The van der Waals surface area contributed by atoms with E-state index in [1.807, 2.05) is 37.0 Å². The lowest BCUT2D eigenvalue weighted by atomic mass is 10.1. The lowest BCUT2D eigenvalue weighted by molar-refractivity contribution is 0.616. The van der Waals surface area contributed by atoms with E-state index in [0.29, 0.717) is 11.3 Å². The van der Waals surface area contributed by atoms with Crippen LogP contribution in [-0.2, 0) is 6.42 Å². The Morgan fingerprint density at radius 3 is 2.67 bits per heavy atom. The molecule has 0 saturated carbocycles. The molecule has 0 aliphatic carbocycles. The summed E-state index contributed by atoms with van der Waals surface area (Å²) in [6.07, 6.45) is 2.12. The van der Waals surface area contributed by atoms with Crippen LogP contribution in [0.4, 0.5) is 0 Å². The van der Waals surface area contributed by atoms with Crippen LogP contribution in [0.25, 0.3) is 0 Å². The quantitative estimate of drug-likeness (QED) is 0.786. The smallest absolute Gasteiger partial charge is 0.0439 e. The maximum atomic E-state index is 6.19. The van der Waals surface area contributed by atoms with Gasteiger partial charge in [0.2, 0.25) is 0 Å². The van der Waals surface area contributed by atoms with Gasteiger partial charge >= 0.3 is 0 Å². The first kappa shape index (κ1) is 16.2. The fraction of sp³-hybridized carbons (Fsp3) is 0.571. The molecular weight excluding hydrogens is 285 g/mol. The SMILES string of the molecule is CCC(C)SCC(Cc1cc(Cl)ccc1Cl)NC. The Labute approximate surface area is 125 Å². The molecule has 1 rings (SSSR count). The summed E-state index contributed by atoms with van der Waals surface area (Å²) in [6.45, 7) is 4.49. The van der Waals surface area contributed by atoms with Crippen molar-refractivity contribution in [2.24, 2.45) is 0 Å². The molecule has 1 N–H and O–H groups in total. The van der Waals surface area contributed by atoms with Gasteiger partial charge in [0, 0.05) is 27.1 Å². The summed E-state index contributed by atoms with van der Waals surface area (Å²) in [4.78, 5) is 0. The van der Waals surface area contributed by atoms with Crippen molar-refractivity contribution in [1.82, 2.24) is 5.32 Å². The first-order valence-electron chi connectivity index (χ1n) is 6.29. The first-order chi connectivity index (χ1) is 8.56. The second kappa shape index (κ2) is 8.31. The number of benzene rings is 1. The van der Waals surface area contributed by atoms with Gasteiger partial charge in [-0.25, -0.2) is 0 Å². The van der Waals surface area contributed by atoms with Gasteiger partial charge < -0.3 is 5.32 Å². The van der Waals surface area contributed by atoms with E-state index in [1.54, 1.807) is 0 Å². The van der Waals surface area contributed by atoms with Crippen LogP contribution in [0, 0.1) is 0 Å². The van der Waals surface area contributed by atoms with Gasteiger partial charge in [-0.05, 0) is 43.7 Å². The van der Waals surface area contributed by atoms with E-state index >= 15 is 0 Å². The summed E-state index contributed by atoms with van der Waals surface area (Å²) in [7, 11) is 2.00. The minimum absolute atomic E-state index is 0.431. The van der Waals surface area contributed by atoms with Crippen LogP contribution in [-0.4, -0.2) is 24.1 Å². The van der Waals surface area contributed by atoms with E-state index in [9.17, 15) is 0 Å². The first-order valence-corrected chi connectivity index (χ1v) is 8.10. The number of thioether (sulfide) groups is 1. The van der Waals surface area contributed by atoms with Crippen LogP contribution < -0.4 is 5.32 Å². The molecule has 2 unspecified atom stereocenters. The van der Waals surface area contributed by atoms with Crippen LogP contribution in [0.3, 0.4) is 0 Å².